The van der Waals surface area contributed by atoms with Crippen molar-refractivity contribution in [1.29, 1.82) is 0 Å². The monoisotopic (exact) mass is 279 g/mol. The van der Waals surface area contributed by atoms with E-state index in [4.69, 9.17) is 10.5 Å². The van der Waals surface area contributed by atoms with Crippen LogP contribution < -0.4 is 10.6 Å². The molecule has 1 atom stereocenters. The third-order valence-corrected chi connectivity index (χ3v) is 4.72. The van der Waals surface area contributed by atoms with Crippen molar-refractivity contribution < 1.29 is 4.74 Å². The van der Waals surface area contributed by atoms with Crippen LogP contribution in [0.2, 0.25) is 0 Å². The first-order valence-corrected chi connectivity index (χ1v) is 7.69. The number of aromatic amines is 1. The van der Waals surface area contributed by atoms with E-state index in [0.717, 1.165) is 63.7 Å². The first-order chi connectivity index (χ1) is 9.70. The molecule has 6 heteroatoms. The van der Waals surface area contributed by atoms with Crippen LogP contribution in [-0.4, -0.2) is 41.4 Å². The average Bonchev–Trinajstić information content (AvgIpc) is 2.99. The maximum atomic E-state index is 5.85. The molecular weight excluding hydrogens is 254 g/mol. The molecule has 20 heavy (non-hydrogen) atoms. The van der Waals surface area contributed by atoms with E-state index in [1.807, 2.05) is 0 Å². The molecule has 0 bridgehead atoms. The van der Waals surface area contributed by atoms with Crippen molar-refractivity contribution in [2.75, 3.05) is 31.1 Å². The SMILES string of the molecule is CC1(CN)CCN(c2n[nH]c(C3CCCCO3)n2)CC1. The van der Waals surface area contributed by atoms with Gasteiger partial charge in [0.2, 0.25) is 5.95 Å². The van der Waals surface area contributed by atoms with Gasteiger partial charge in [-0.1, -0.05) is 6.92 Å². The van der Waals surface area contributed by atoms with E-state index < -0.39 is 0 Å². The van der Waals surface area contributed by atoms with E-state index in [9.17, 15) is 0 Å². The topological polar surface area (TPSA) is 80.1 Å². The van der Waals surface area contributed by atoms with E-state index in [2.05, 4.69) is 27.0 Å². The minimum absolute atomic E-state index is 0.101. The van der Waals surface area contributed by atoms with E-state index in [1.54, 1.807) is 0 Å². The lowest BCUT2D eigenvalue weighted by molar-refractivity contribution is 0.00968. The van der Waals surface area contributed by atoms with Crippen LogP contribution in [-0.2, 0) is 4.74 Å². The molecule has 2 fully saturated rings. The minimum Gasteiger partial charge on any atom is -0.370 e. The first kappa shape index (κ1) is 13.8. The van der Waals surface area contributed by atoms with E-state index in [0.29, 0.717) is 0 Å². The maximum Gasteiger partial charge on any atom is 0.244 e. The molecule has 3 heterocycles. The molecule has 3 N–H and O–H groups in total. The Kier molecular flexibility index (Phi) is 3.94. The zero-order chi connectivity index (χ0) is 14.0. The highest BCUT2D eigenvalue weighted by atomic mass is 16.5. The smallest absolute Gasteiger partial charge is 0.244 e. The number of aromatic nitrogens is 3. The zero-order valence-corrected chi connectivity index (χ0v) is 12.3. The Morgan fingerprint density at radius 2 is 2.20 bits per heavy atom. The number of nitrogens with zero attached hydrogens (tertiary/aromatic N) is 3. The van der Waals surface area contributed by atoms with Gasteiger partial charge in [-0.05, 0) is 44.1 Å². The zero-order valence-electron chi connectivity index (χ0n) is 12.3. The number of ether oxygens (including phenoxy) is 1. The van der Waals surface area contributed by atoms with Crippen LogP contribution in [0.15, 0.2) is 0 Å². The Morgan fingerprint density at radius 1 is 1.40 bits per heavy atom. The van der Waals surface area contributed by atoms with Crippen molar-refractivity contribution in [2.24, 2.45) is 11.1 Å². The quantitative estimate of drug-likeness (QED) is 0.878. The lowest BCUT2D eigenvalue weighted by atomic mass is 9.81. The highest BCUT2D eigenvalue weighted by molar-refractivity contribution is 5.30. The summed E-state index contributed by atoms with van der Waals surface area (Å²) < 4.78 is 5.75. The largest absolute Gasteiger partial charge is 0.370 e. The van der Waals surface area contributed by atoms with E-state index in [-0.39, 0.29) is 11.5 Å². The van der Waals surface area contributed by atoms with Crippen LogP contribution in [0.4, 0.5) is 5.95 Å². The molecule has 0 saturated carbocycles. The standard InChI is InChI=1S/C14H25N5O/c1-14(10-15)5-7-19(8-6-14)13-16-12(17-18-13)11-4-2-3-9-20-11/h11H,2-10,15H2,1H3,(H,16,17,18). The molecule has 3 rings (SSSR count). The fourth-order valence-electron chi connectivity index (χ4n) is 2.96. The highest BCUT2D eigenvalue weighted by Crippen LogP contribution is 2.31. The van der Waals surface area contributed by atoms with Crippen LogP contribution in [0.1, 0.15) is 51.0 Å². The lowest BCUT2D eigenvalue weighted by Crippen LogP contribution is -2.42. The van der Waals surface area contributed by atoms with Crippen LogP contribution in [0.3, 0.4) is 0 Å². The van der Waals surface area contributed by atoms with Crippen molar-refractivity contribution >= 4 is 5.95 Å². The van der Waals surface area contributed by atoms with Gasteiger partial charge in [0.1, 0.15) is 6.10 Å². The predicted molar refractivity (Wildman–Crippen MR) is 77.5 cm³/mol. The van der Waals surface area contributed by atoms with Gasteiger partial charge in [-0.25, -0.2) is 0 Å². The molecule has 0 radical (unpaired) electrons. The number of nitrogens with one attached hydrogen (secondary N) is 1. The van der Waals surface area contributed by atoms with E-state index in [1.165, 1.54) is 6.42 Å². The van der Waals surface area contributed by atoms with Gasteiger partial charge < -0.3 is 15.4 Å². The first-order valence-electron chi connectivity index (χ1n) is 7.69. The number of piperidine rings is 1. The lowest BCUT2D eigenvalue weighted by Gasteiger charge is -2.38. The summed E-state index contributed by atoms with van der Waals surface area (Å²) in [6.07, 6.45) is 5.71. The number of H-pyrrole nitrogens is 1. The summed E-state index contributed by atoms with van der Waals surface area (Å²) in [6, 6.07) is 0. The Morgan fingerprint density at radius 3 is 2.85 bits per heavy atom. The van der Waals surface area contributed by atoms with Crippen molar-refractivity contribution in [3.8, 4) is 0 Å². The summed E-state index contributed by atoms with van der Waals surface area (Å²) in [5.41, 5.74) is 6.13. The predicted octanol–water partition coefficient (Wildman–Crippen LogP) is 1.61. The third-order valence-electron chi connectivity index (χ3n) is 4.72. The summed E-state index contributed by atoms with van der Waals surface area (Å²) in [6.45, 7) is 5.83. The van der Waals surface area contributed by atoms with Gasteiger partial charge in [-0.3, -0.25) is 5.10 Å². The Hall–Kier alpha value is -1.14. The molecule has 1 aromatic rings. The molecule has 0 amide bonds. The highest BCUT2D eigenvalue weighted by Gasteiger charge is 2.30. The third kappa shape index (κ3) is 2.81. The molecule has 2 aliphatic rings. The van der Waals surface area contributed by atoms with Crippen molar-refractivity contribution in [2.45, 2.75) is 45.1 Å². The molecule has 0 aromatic carbocycles. The van der Waals surface area contributed by atoms with Crippen molar-refractivity contribution in [3.05, 3.63) is 5.82 Å². The molecule has 2 aliphatic heterocycles. The fraction of sp³-hybridized carbons (Fsp3) is 0.857. The Bertz CT molecular complexity index is 433. The van der Waals surface area contributed by atoms with Gasteiger partial charge in [0.05, 0.1) is 0 Å². The van der Waals surface area contributed by atoms with Gasteiger partial charge in [-0.2, -0.15) is 4.98 Å². The van der Waals surface area contributed by atoms with Gasteiger partial charge in [0.25, 0.3) is 0 Å². The number of rotatable bonds is 3. The van der Waals surface area contributed by atoms with Gasteiger partial charge in [0, 0.05) is 19.7 Å². The molecule has 6 nitrogen and oxygen atoms in total. The van der Waals surface area contributed by atoms with Gasteiger partial charge in [-0.15, -0.1) is 5.10 Å². The summed E-state index contributed by atoms with van der Waals surface area (Å²) in [5.74, 6) is 1.69. The summed E-state index contributed by atoms with van der Waals surface area (Å²) in [7, 11) is 0. The Balaban J connectivity index is 1.62. The summed E-state index contributed by atoms with van der Waals surface area (Å²) >= 11 is 0. The normalized spacial score (nSPS) is 26.7. The minimum atomic E-state index is 0.101. The van der Waals surface area contributed by atoms with E-state index >= 15 is 0 Å². The maximum absolute atomic E-state index is 5.85. The number of nitrogens with two attached hydrogens (primary N) is 1. The van der Waals surface area contributed by atoms with Gasteiger partial charge in [0.15, 0.2) is 5.82 Å². The molecule has 0 aliphatic carbocycles. The van der Waals surface area contributed by atoms with Crippen LogP contribution in [0.5, 0.6) is 0 Å². The summed E-state index contributed by atoms with van der Waals surface area (Å²) in [4.78, 5) is 6.88. The molecule has 1 aromatic heterocycles. The fourth-order valence-corrected chi connectivity index (χ4v) is 2.96. The average molecular weight is 279 g/mol. The second kappa shape index (κ2) is 5.69. The molecule has 0 spiro atoms. The van der Waals surface area contributed by atoms with Crippen LogP contribution in [0.25, 0.3) is 0 Å². The molecule has 2 saturated heterocycles. The van der Waals surface area contributed by atoms with Crippen LogP contribution >= 0.6 is 0 Å². The number of anilines is 1. The Labute approximate surface area is 120 Å². The summed E-state index contributed by atoms with van der Waals surface area (Å²) in [5, 5.41) is 7.42. The number of hydrogen-bond donors (Lipinski definition) is 2. The molecule has 112 valence electrons. The van der Waals surface area contributed by atoms with Crippen molar-refractivity contribution in [1.82, 2.24) is 15.2 Å². The molecule has 1 unspecified atom stereocenters. The molecular formula is C14H25N5O. The second-order valence-corrected chi connectivity index (χ2v) is 6.38. The van der Waals surface area contributed by atoms with Crippen molar-refractivity contribution in [3.63, 3.8) is 0 Å². The second-order valence-electron chi connectivity index (χ2n) is 6.38. The van der Waals surface area contributed by atoms with Crippen LogP contribution in [0, 0.1) is 5.41 Å². The van der Waals surface area contributed by atoms with Gasteiger partial charge >= 0.3 is 0 Å². The number of hydrogen-bond acceptors (Lipinski definition) is 5.